The quantitative estimate of drug-likeness (QED) is 0.909. The summed E-state index contributed by atoms with van der Waals surface area (Å²) in [6, 6.07) is 0. The van der Waals surface area contributed by atoms with E-state index in [4.69, 9.17) is 16.7 Å². The molecule has 8 heteroatoms. The van der Waals surface area contributed by atoms with Gasteiger partial charge >= 0.3 is 5.97 Å². The van der Waals surface area contributed by atoms with Crippen LogP contribution in [0.2, 0.25) is 5.15 Å². The van der Waals surface area contributed by atoms with Crippen molar-refractivity contribution in [2.45, 2.75) is 13.1 Å². The molecule has 0 amide bonds. The highest BCUT2D eigenvalue weighted by Crippen LogP contribution is 2.31. The number of imidazole rings is 1. The maximum atomic E-state index is 10.9. The number of hydrogen-bond acceptors (Lipinski definition) is 5. The minimum atomic E-state index is -1.04. The number of nitrogens with zero attached hydrogens (tertiary/aromatic N) is 4. The fraction of sp³-hybridized carbons (Fsp3) is 0.300. The summed E-state index contributed by atoms with van der Waals surface area (Å²) in [5.74, 6) is -0.0910. The van der Waals surface area contributed by atoms with Crippen molar-refractivity contribution in [3.05, 3.63) is 28.2 Å². The van der Waals surface area contributed by atoms with Crippen molar-refractivity contribution in [1.29, 1.82) is 0 Å². The molecule has 18 heavy (non-hydrogen) atoms. The van der Waals surface area contributed by atoms with Crippen LogP contribution in [0.25, 0.3) is 0 Å². The first-order valence-corrected chi connectivity index (χ1v) is 6.49. The summed E-state index contributed by atoms with van der Waals surface area (Å²) in [5, 5.41) is 9.64. The lowest BCUT2D eigenvalue weighted by Crippen LogP contribution is -2.33. The molecule has 0 unspecified atom stereocenters. The molecule has 0 aliphatic carbocycles. The number of aromatic carboxylic acids is 1. The average molecular weight is 285 g/mol. The zero-order valence-electron chi connectivity index (χ0n) is 9.21. The second-order valence-electron chi connectivity index (χ2n) is 3.88. The van der Waals surface area contributed by atoms with Gasteiger partial charge < -0.3 is 14.6 Å². The van der Waals surface area contributed by atoms with Crippen LogP contribution in [-0.2, 0) is 13.1 Å². The summed E-state index contributed by atoms with van der Waals surface area (Å²) < 4.78 is 2.07. The molecule has 2 aromatic rings. The summed E-state index contributed by atoms with van der Waals surface area (Å²) in [5.41, 5.74) is 0. The van der Waals surface area contributed by atoms with Crippen molar-refractivity contribution in [2.24, 2.45) is 0 Å². The number of carbonyl (C=O) groups is 1. The fourth-order valence-electron chi connectivity index (χ4n) is 1.89. The van der Waals surface area contributed by atoms with Gasteiger partial charge in [0.1, 0.15) is 5.82 Å². The smallest absolute Gasteiger partial charge is 0.349 e. The molecular weight excluding hydrogens is 276 g/mol. The number of rotatable bonds is 2. The lowest BCUT2D eigenvalue weighted by Gasteiger charge is -2.26. The lowest BCUT2D eigenvalue weighted by atomic mass is 10.4. The van der Waals surface area contributed by atoms with Gasteiger partial charge in [-0.3, -0.25) is 0 Å². The Kier molecular flexibility index (Phi) is 2.71. The number of fused-ring (bicyclic) bond motifs is 1. The Morgan fingerprint density at radius 1 is 1.50 bits per heavy atom. The Morgan fingerprint density at radius 2 is 2.33 bits per heavy atom. The van der Waals surface area contributed by atoms with Crippen LogP contribution in [0.15, 0.2) is 12.4 Å². The summed E-state index contributed by atoms with van der Waals surface area (Å²) in [4.78, 5) is 21.4. The first kappa shape index (κ1) is 11.5. The van der Waals surface area contributed by atoms with Gasteiger partial charge in [-0.1, -0.05) is 22.9 Å². The van der Waals surface area contributed by atoms with Gasteiger partial charge in [0.05, 0.1) is 6.54 Å². The fourth-order valence-corrected chi connectivity index (χ4v) is 3.04. The number of aromatic nitrogens is 3. The molecule has 0 bridgehead atoms. The molecule has 0 saturated heterocycles. The van der Waals surface area contributed by atoms with Crippen LogP contribution >= 0.6 is 22.9 Å². The van der Waals surface area contributed by atoms with Crippen LogP contribution < -0.4 is 4.90 Å². The Morgan fingerprint density at radius 3 is 3.06 bits per heavy atom. The summed E-state index contributed by atoms with van der Waals surface area (Å²) >= 11 is 6.91. The SMILES string of the molecule is O=C(O)c1sc(N2CCn3ccnc3C2)nc1Cl. The van der Waals surface area contributed by atoms with Crippen LogP contribution in [0.4, 0.5) is 5.13 Å². The maximum Gasteiger partial charge on any atom is 0.349 e. The summed E-state index contributed by atoms with van der Waals surface area (Å²) in [7, 11) is 0. The van der Waals surface area contributed by atoms with Crippen LogP contribution in [0.3, 0.4) is 0 Å². The Hall–Kier alpha value is -1.60. The van der Waals surface area contributed by atoms with Crippen molar-refractivity contribution in [3.63, 3.8) is 0 Å². The highest BCUT2D eigenvalue weighted by Gasteiger charge is 2.23. The van der Waals surface area contributed by atoms with Crippen molar-refractivity contribution < 1.29 is 9.90 Å². The van der Waals surface area contributed by atoms with E-state index in [2.05, 4.69) is 14.5 Å². The first-order valence-electron chi connectivity index (χ1n) is 5.29. The molecule has 6 nitrogen and oxygen atoms in total. The Balaban J connectivity index is 1.89. The summed E-state index contributed by atoms with van der Waals surface area (Å²) in [6.07, 6.45) is 3.69. The molecule has 3 heterocycles. The third-order valence-electron chi connectivity index (χ3n) is 2.78. The number of halogens is 1. The van der Waals surface area contributed by atoms with Crippen molar-refractivity contribution in [3.8, 4) is 0 Å². The average Bonchev–Trinajstić information content (AvgIpc) is 2.93. The van der Waals surface area contributed by atoms with Gasteiger partial charge in [-0.25, -0.2) is 14.8 Å². The zero-order valence-corrected chi connectivity index (χ0v) is 10.8. The van der Waals surface area contributed by atoms with Gasteiger partial charge in [0.25, 0.3) is 0 Å². The van der Waals surface area contributed by atoms with Gasteiger partial charge in [0.2, 0.25) is 0 Å². The number of anilines is 1. The molecule has 1 N–H and O–H groups in total. The van der Waals surface area contributed by atoms with E-state index in [1.807, 2.05) is 11.1 Å². The first-order chi connectivity index (χ1) is 8.65. The van der Waals surface area contributed by atoms with E-state index >= 15 is 0 Å². The number of hydrogen-bond donors (Lipinski definition) is 1. The number of thiazole rings is 1. The Bertz CT molecular complexity index is 609. The minimum Gasteiger partial charge on any atom is -0.477 e. The predicted octanol–water partition coefficient (Wildman–Crippen LogP) is 1.71. The third-order valence-corrected chi connectivity index (χ3v) is 4.27. The molecule has 1 aliphatic rings. The van der Waals surface area contributed by atoms with Crippen LogP contribution in [0.1, 0.15) is 15.5 Å². The second-order valence-corrected chi connectivity index (χ2v) is 5.22. The van der Waals surface area contributed by atoms with Crippen molar-refractivity contribution >= 4 is 34.0 Å². The third kappa shape index (κ3) is 1.85. The topological polar surface area (TPSA) is 71.2 Å². The number of carboxylic acids is 1. The van der Waals surface area contributed by atoms with E-state index in [-0.39, 0.29) is 10.0 Å². The van der Waals surface area contributed by atoms with Crippen molar-refractivity contribution in [1.82, 2.24) is 14.5 Å². The van der Waals surface area contributed by atoms with Crippen LogP contribution in [0.5, 0.6) is 0 Å². The van der Waals surface area contributed by atoms with Gasteiger partial charge in [-0.05, 0) is 0 Å². The molecule has 3 rings (SSSR count). The maximum absolute atomic E-state index is 10.9. The van der Waals surface area contributed by atoms with E-state index < -0.39 is 5.97 Å². The molecule has 0 saturated carbocycles. The van der Waals surface area contributed by atoms with Crippen molar-refractivity contribution in [2.75, 3.05) is 11.4 Å². The van der Waals surface area contributed by atoms with Gasteiger partial charge in [0, 0.05) is 25.5 Å². The van der Waals surface area contributed by atoms with Gasteiger partial charge in [0.15, 0.2) is 15.2 Å². The molecule has 0 aromatic carbocycles. The van der Waals surface area contributed by atoms with Crippen LogP contribution in [0, 0.1) is 0 Å². The van der Waals surface area contributed by atoms with E-state index in [1.54, 1.807) is 6.20 Å². The molecule has 1 aliphatic heterocycles. The monoisotopic (exact) mass is 284 g/mol. The van der Waals surface area contributed by atoms with E-state index in [9.17, 15) is 4.79 Å². The lowest BCUT2D eigenvalue weighted by molar-refractivity contribution is 0.0702. The van der Waals surface area contributed by atoms with Gasteiger partial charge in [-0.2, -0.15) is 0 Å². The molecule has 0 fully saturated rings. The zero-order chi connectivity index (χ0) is 12.7. The van der Waals surface area contributed by atoms with E-state index in [0.717, 1.165) is 30.3 Å². The second kappa shape index (κ2) is 4.25. The standard InChI is InChI=1S/C10H9ClN4O2S/c11-8-7(9(16)17)18-10(13-8)15-4-3-14-2-1-12-6(14)5-15/h1-2H,3-5H2,(H,16,17). The van der Waals surface area contributed by atoms with Crippen LogP contribution in [-0.4, -0.2) is 32.2 Å². The minimum absolute atomic E-state index is 0.0522. The highest BCUT2D eigenvalue weighted by molar-refractivity contribution is 7.18. The Labute approximate surface area is 111 Å². The summed E-state index contributed by atoms with van der Waals surface area (Å²) in [6.45, 7) is 2.21. The number of carboxylic acid groups (broad SMARTS) is 1. The molecule has 0 spiro atoms. The molecule has 94 valence electrons. The van der Waals surface area contributed by atoms with E-state index in [1.165, 1.54) is 0 Å². The van der Waals surface area contributed by atoms with E-state index in [0.29, 0.717) is 11.7 Å². The predicted molar refractivity (Wildman–Crippen MR) is 67.4 cm³/mol. The highest BCUT2D eigenvalue weighted by atomic mass is 35.5. The molecular formula is C10H9ClN4O2S. The molecule has 2 aromatic heterocycles. The molecule has 0 radical (unpaired) electrons. The largest absolute Gasteiger partial charge is 0.477 e. The normalized spacial score (nSPS) is 14.6. The molecule has 0 atom stereocenters. The van der Waals surface area contributed by atoms with Gasteiger partial charge in [-0.15, -0.1) is 0 Å².